The van der Waals surface area contributed by atoms with Gasteiger partial charge in [0.2, 0.25) is 0 Å². The maximum Gasteiger partial charge on any atom is 0.251 e. The molecule has 0 aliphatic heterocycles. The second-order valence-electron chi connectivity index (χ2n) is 4.00. The first kappa shape index (κ1) is 13.4. The summed E-state index contributed by atoms with van der Waals surface area (Å²) in [5, 5.41) is 5.72. The topological polar surface area (TPSA) is 77.2 Å². The highest BCUT2D eigenvalue weighted by molar-refractivity contribution is 7.09. The molecule has 2 rings (SSSR count). The number of rotatable bonds is 4. The lowest BCUT2D eigenvalue weighted by Gasteiger charge is -2.07. The normalized spacial score (nSPS) is 10.2. The van der Waals surface area contributed by atoms with Crippen LogP contribution in [0.2, 0.25) is 0 Å². The number of carbonyl (C=O) groups excluding carboxylic acids is 1. The lowest BCUT2D eigenvalue weighted by molar-refractivity contribution is 0.0950. The molecule has 6 heteroatoms. The number of hydrogen-bond acceptors (Lipinski definition) is 5. The van der Waals surface area contributed by atoms with E-state index < -0.39 is 0 Å². The number of amides is 1. The molecule has 3 N–H and O–H groups in total. The predicted octanol–water partition coefficient (Wildman–Crippen LogP) is 1.97. The maximum atomic E-state index is 12.0. The number of aromatic nitrogens is 1. The van der Waals surface area contributed by atoms with Crippen LogP contribution in [-0.2, 0) is 6.54 Å². The molecule has 1 aromatic carbocycles. The van der Waals surface area contributed by atoms with Crippen LogP contribution in [0.1, 0.15) is 21.1 Å². The fourth-order valence-corrected chi connectivity index (χ4v) is 2.23. The molecule has 0 aliphatic rings. The Morgan fingerprint density at radius 1 is 1.53 bits per heavy atom. The van der Waals surface area contributed by atoms with E-state index in [4.69, 9.17) is 10.5 Å². The first-order valence-electron chi connectivity index (χ1n) is 5.73. The molecule has 0 spiro atoms. The number of anilines is 1. The number of ether oxygens (including phenoxy) is 1. The zero-order valence-electron chi connectivity index (χ0n) is 10.8. The summed E-state index contributed by atoms with van der Waals surface area (Å²) in [7, 11) is 1.52. The SMILES string of the molecule is COc1cc(C(=O)NCc2csc(C)n2)ccc1N. The van der Waals surface area contributed by atoms with Crippen molar-refractivity contribution in [2.45, 2.75) is 13.5 Å². The van der Waals surface area contributed by atoms with Gasteiger partial charge in [-0.3, -0.25) is 4.79 Å². The van der Waals surface area contributed by atoms with E-state index in [-0.39, 0.29) is 5.91 Å². The Kier molecular flexibility index (Phi) is 4.01. The summed E-state index contributed by atoms with van der Waals surface area (Å²) >= 11 is 1.56. The lowest BCUT2D eigenvalue weighted by atomic mass is 10.2. The van der Waals surface area contributed by atoms with E-state index in [2.05, 4.69) is 10.3 Å². The van der Waals surface area contributed by atoms with Crippen molar-refractivity contribution in [3.05, 3.63) is 39.8 Å². The Bertz CT molecular complexity index is 595. The van der Waals surface area contributed by atoms with Crippen LogP contribution in [0.4, 0.5) is 5.69 Å². The van der Waals surface area contributed by atoms with E-state index in [1.165, 1.54) is 7.11 Å². The smallest absolute Gasteiger partial charge is 0.251 e. The number of benzene rings is 1. The molecule has 2 aromatic rings. The molecule has 0 saturated carbocycles. The van der Waals surface area contributed by atoms with Crippen molar-refractivity contribution in [1.29, 1.82) is 0 Å². The molecule has 0 saturated heterocycles. The molecule has 1 heterocycles. The zero-order chi connectivity index (χ0) is 13.8. The Balaban J connectivity index is 2.03. The molecule has 0 bridgehead atoms. The Labute approximate surface area is 115 Å². The average Bonchev–Trinajstić information content (AvgIpc) is 2.82. The first-order valence-corrected chi connectivity index (χ1v) is 6.61. The number of nitrogens with zero attached hydrogens (tertiary/aromatic N) is 1. The third-order valence-corrected chi connectivity index (χ3v) is 3.41. The van der Waals surface area contributed by atoms with E-state index in [0.717, 1.165) is 10.7 Å². The minimum Gasteiger partial charge on any atom is -0.495 e. The molecule has 1 aromatic heterocycles. The monoisotopic (exact) mass is 277 g/mol. The highest BCUT2D eigenvalue weighted by Gasteiger charge is 2.09. The fraction of sp³-hybridized carbons (Fsp3) is 0.231. The van der Waals surface area contributed by atoms with Crippen LogP contribution in [0, 0.1) is 6.92 Å². The summed E-state index contributed by atoms with van der Waals surface area (Å²) in [6.45, 7) is 2.34. The minimum atomic E-state index is -0.177. The van der Waals surface area contributed by atoms with E-state index in [9.17, 15) is 4.79 Å². The van der Waals surface area contributed by atoms with Gasteiger partial charge in [-0.1, -0.05) is 0 Å². The van der Waals surface area contributed by atoms with Gasteiger partial charge in [-0.05, 0) is 25.1 Å². The second kappa shape index (κ2) is 5.71. The van der Waals surface area contributed by atoms with E-state index in [0.29, 0.717) is 23.5 Å². The summed E-state index contributed by atoms with van der Waals surface area (Å²) in [5.41, 5.74) is 7.58. The van der Waals surface area contributed by atoms with Crippen LogP contribution in [0.5, 0.6) is 5.75 Å². The molecular formula is C13H15N3O2S. The summed E-state index contributed by atoms with van der Waals surface area (Å²) in [6.07, 6.45) is 0. The third-order valence-electron chi connectivity index (χ3n) is 2.59. The second-order valence-corrected chi connectivity index (χ2v) is 5.06. The average molecular weight is 277 g/mol. The van der Waals surface area contributed by atoms with Crippen molar-refractivity contribution in [1.82, 2.24) is 10.3 Å². The van der Waals surface area contributed by atoms with Crippen LogP contribution in [0.3, 0.4) is 0 Å². The number of thiazole rings is 1. The van der Waals surface area contributed by atoms with Gasteiger partial charge in [-0.2, -0.15) is 0 Å². The van der Waals surface area contributed by atoms with Gasteiger partial charge in [-0.15, -0.1) is 11.3 Å². The number of aryl methyl sites for hydroxylation is 1. The molecule has 0 aliphatic carbocycles. The van der Waals surface area contributed by atoms with Crippen LogP contribution < -0.4 is 15.8 Å². The van der Waals surface area contributed by atoms with E-state index in [1.807, 2.05) is 12.3 Å². The van der Waals surface area contributed by atoms with Crippen molar-refractivity contribution in [2.75, 3.05) is 12.8 Å². The Hall–Kier alpha value is -2.08. The van der Waals surface area contributed by atoms with Crippen LogP contribution in [0.15, 0.2) is 23.6 Å². The maximum absolute atomic E-state index is 12.0. The van der Waals surface area contributed by atoms with Crippen molar-refractivity contribution in [3.8, 4) is 5.75 Å². The Morgan fingerprint density at radius 2 is 2.32 bits per heavy atom. The summed E-state index contributed by atoms with van der Waals surface area (Å²) in [4.78, 5) is 16.3. The van der Waals surface area contributed by atoms with Gasteiger partial charge in [0, 0.05) is 10.9 Å². The van der Waals surface area contributed by atoms with Crippen molar-refractivity contribution >= 4 is 22.9 Å². The van der Waals surface area contributed by atoms with E-state index in [1.54, 1.807) is 29.5 Å². The molecule has 0 atom stereocenters. The molecule has 5 nitrogen and oxygen atoms in total. The largest absolute Gasteiger partial charge is 0.495 e. The number of hydrogen-bond donors (Lipinski definition) is 2. The molecule has 1 amide bonds. The van der Waals surface area contributed by atoms with Gasteiger partial charge in [0.1, 0.15) is 5.75 Å². The van der Waals surface area contributed by atoms with Crippen molar-refractivity contribution in [3.63, 3.8) is 0 Å². The van der Waals surface area contributed by atoms with Gasteiger partial charge in [0.15, 0.2) is 0 Å². The fourth-order valence-electron chi connectivity index (χ4n) is 1.61. The standard InChI is InChI=1S/C13H15N3O2S/c1-8-16-10(7-19-8)6-15-13(17)9-3-4-11(14)12(5-9)18-2/h3-5,7H,6,14H2,1-2H3,(H,15,17). The van der Waals surface area contributed by atoms with Gasteiger partial charge >= 0.3 is 0 Å². The van der Waals surface area contributed by atoms with Crippen molar-refractivity contribution in [2.24, 2.45) is 0 Å². The van der Waals surface area contributed by atoms with Crippen LogP contribution in [0.25, 0.3) is 0 Å². The van der Waals surface area contributed by atoms with Gasteiger partial charge < -0.3 is 15.8 Å². The number of methoxy groups -OCH3 is 1. The number of nitrogens with two attached hydrogens (primary N) is 1. The summed E-state index contributed by atoms with van der Waals surface area (Å²) in [5.74, 6) is 0.320. The third kappa shape index (κ3) is 3.23. The summed E-state index contributed by atoms with van der Waals surface area (Å²) < 4.78 is 5.09. The first-order chi connectivity index (χ1) is 9.10. The number of nitrogens with one attached hydrogen (secondary N) is 1. The minimum absolute atomic E-state index is 0.177. The molecule has 0 unspecified atom stereocenters. The Morgan fingerprint density at radius 3 is 2.95 bits per heavy atom. The van der Waals surface area contributed by atoms with Crippen LogP contribution >= 0.6 is 11.3 Å². The predicted molar refractivity (Wildman–Crippen MR) is 75.4 cm³/mol. The van der Waals surface area contributed by atoms with Crippen LogP contribution in [-0.4, -0.2) is 18.0 Å². The highest BCUT2D eigenvalue weighted by atomic mass is 32.1. The quantitative estimate of drug-likeness (QED) is 0.838. The van der Waals surface area contributed by atoms with Gasteiger partial charge in [0.05, 0.1) is 30.0 Å². The molecule has 100 valence electrons. The summed E-state index contributed by atoms with van der Waals surface area (Å²) in [6, 6.07) is 4.94. The number of carbonyl (C=O) groups is 1. The van der Waals surface area contributed by atoms with E-state index >= 15 is 0 Å². The number of nitrogen functional groups attached to an aromatic ring is 1. The molecule has 0 radical (unpaired) electrons. The van der Waals surface area contributed by atoms with Crippen molar-refractivity contribution < 1.29 is 9.53 Å². The van der Waals surface area contributed by atoms with Gasteiger partial charge in [-0.25, -0.2) is 4.98 Å². The highest BCUT2D eigenvalue weighted by Crippen LogP contribution is 2.22. The van der Waals surface area contributed by atoms with Gasteiger partial charge in [0.25, 0.3) is 5.91 Å². The lowest BCUT2D eigenvalue weighted by Crippen LogP contribution is -2.23. The molecule has 0 fully saturated rings. The molecular weight excluding hydrogens is 262 g/mol. The zero-order valence-corrected chi connectivity index (χ0v) is 11.6. The molecule has 19 heavy (non-hydrogen) atoms.